The minimum absolute atomic E-state index is 0.110. The Kier molecular flexibility index (Phi) is 5.99. The van der Waals surface area contributed by atoms with Gasteiger partial charge in [-0.1, -0.05) is 6.08 Å². The van der Waals surface area contributed by atoms with E-state index in [4.69, 9.17) is 0 Å². The third-order valence-corrected chi connectivity index (χ3v) is 5.15. The van der Waals surface area contributed by atoms with Crippen molar-refractivity contribution in [2.45, 2.75) is 46.2 Å². The van der Waals surface area contributed by atoms with Gasteiger partial charge >= 0.3 is 0 Å². The van der Waals surface area contributed by atoms with Crippen LogP contribution in [-0.4, -0.2) is 58.8 Å². The summed E-state index contributed by atoms with van der Waals surface area (Å²) in [5, 5.41) is 0. The number of aryl methyl sites for hydroxylation is 1. The first-order chi connectivity index (χ1) is 11.3. The summed E-state index contributed by atoms with van der Waals surface area (Å²) in [5.74, 6) is 0.288. The molecule has 0 unspecified atom stereocenters. The van der Waals surface area contributed by atoms with Gasteiger partial charge in [-0.25, -0.2) is 0 Å². The maximum Gasteiger partial charge on any atom is 0.219 e. The number of carbonyl (C=O) groups is 2. The maximum atomic E-state index is 12.7. The van der Waals surface area contributed by atoms with E-state index in [2.05, 4.69) is 16.0 Å². The summed E-state index contributed by atoms with van der Waals surface area (Å²) < 4.78 is 2.12. The lowest BCUT2D eigenvalue weighted by molar-refractivity contribution is -0.130. The van der Waals surface area contributed by atoms with E-state index in [1.165, 1.54) is 0 Å². The average Bonchev–Trinajstić information content (AvgIpc) is 2.83. The van der Waals surface area contributed by atoms with Gasteiger partial charge in [0.05, 0.1) is 6.54 Å². The lowest BCUT2D eigenvalue weighted by Crippen LogP contribution is -2.46. The highest BCUT2D eigenvalue weighted by Crippen LogP contribution is 2.19. The summed E-state index contributed by atoms with van der Waals surface area (Å²) in [6.07, 6.45) is 3.71. The molecule has 0 aliphatic carbocycles. The molecule has 24 heavy (non-hydrogen) atoms. The van der Waals surface area contributed by atoms with Crippen molar-refractivity contribution < 1.29 is 9.59 Å². The lowest BCUT2D eigenvalue weighted by Gasteiger charge is -2.36. The highest BCUT2D eigenvalue weighted by Gasteiger charge is 2.25. The van der Waals surface area contributed by atoms with Gasteiger partial charge < -0.3 is 9.47 Å². The van der Waals surface area contributed by atoms with E-state index in [1.54, 1.807) is 6.92 Å². The van der Waals surface area contributed by atoms with E-state index in [-0.39, 0.29) is 11.7 Å². The van der Waals surface area contributed by atoms with Crippen LogP contribution in [0.25, 0.3) is 0 Å². The molecule has 0 bridgehead atoms. The number of nitrogens with zero attached hydrogens (tertiary/aromatic N) is 3. The Morgan fingerprint density at radius 1 is 1.33 bits per heavy atom. The molecular formula is C19H29N3O2. The standard InChI is InChI=1S/C19H29N3O2/c1-6-9-22-14(2)12-18(15(22)3)19(24)13-21-10-7-17(8-11-21)20(5)16(4)23/h6,12,17H,1,7-11,13H2,2-5H3. The minimum Gasteiger partial charge on any atom is -0.345 e. The smallest absolute Gasteiger partial charge is 0.219 e. The van der Waals surface area contributed by atoms with Crippen molar-refractivity contribution in [3.05, 3.63) is 35.7 Å². The molecule has 1 aromatic heterocycles. The highest BCUT2D eigenvalue weighted by atomic mass is 16.2. The Hall–Kier alpha value is -1.88. The maximum absolute atomic E-state index is 12.7. The van der Waals surface area contributed by atoms with Crippen molar-refractivity contribution in [3.8, 4) is 0 Å². The van der Waals surface area contributed by atoms with Crippen LogP contribution in [-0.2, 0) is 11.3 Å². The molecule has 1 aromatic rings. The van der Waals surface area contributed by atoms with Crippen LogP contribution in [0.1, 0.15) is 41.5 Å². The van der Waals surface area contributed by atoms with Gasteiger partial charge in [-0.15, -0.1) is 6.58 Å². The van der Waals surface area contributed by atoms with Gasteiger partial charge in [-0.2, -0.15) is 0 Å². The quantitative estimate of drug-likeness (QED) is 0.594. The van der Waals surface area contributed by atoms with E-state index >= 15 is 0 Å². The molecule has 2 heterocycles. The van der Waals surface area contributed by atoms with Gasteiger partial charge in [0.25, 0.3) is 0 Å². The number of aromatic nitrogens is 1. The van der Waals surface area contributed by atoms with Crippen molar-refractivity contribution in [2.75, 3.05) is 26.7 Å². The molecule has 0 radical (unpaired) electrons. The number of hydrogen-bond acceptors (Lipinski definition) is 3. The normalized spacial score (nSPS) is 16.2. The lowest BCUT2D eigenvalue weighted by atomic mass is 10.0. The first-order valence-corrected chi connectivity index (χ1v) is 8.61. The largest absolute Gasteiger partial charge is 0.345 e. The topological polar surface area (TPSA) is 45.6 Å². The number of ketones is 1. The van der Waals surface area contributed by atoms with Crippen molar-refractivity contribution >= 4 is 11.7 Å². The van der Waals surface area contributed by atoms with Gasteiger partial charge in [0.15, 0.2) is 5.78 Å². The second kappa shape index (κ2) is 7.79. The summed E-state index contributed by atoms with van der Waals surface area (Å²) in [6.45, 7) is 12.3. The van der Waals surface area contributed by atoms with E-state index in [0.29, 0.717) is 12.6 Å². The molecule has 1 fully saturated rings. The fourth-order valence-electron chi connectivity index (χ4n) is 3.50. The molecule has 1 saturated heterocycles. The van der Waals surface area contributed by atoms with E-state index < -0.39 is 0 Å². The Morgan fingerprint density at radius 2 is 1.96 bits per heavy atom. The predicted octanol–water partition coefficient (Wildman–Crippen LogP) is 2.42. The Labute approximate surface area is 144 Å². The SMILES string of the molecule is C=CCn1c(C)cc(C(=O)CN2CCC(N(C)C(C)=O)CC2)c1C. The Morgan fingerprint density at radius 3 is 2.50 bits per heavy atom. The third-order valence-electron chi connectivity index (χ3n) is 5.15. The summed E-state index contributed by atoms with van der Waals surface area (Å²) in [4.78, 5) is 28.2. The number of allylic oxidation sites excluding steroid dienone is 1. The van der Waals surface area contributed by atoms with Crippen LogP contribution in [0, 0.1) is 13.8 Å². The zero-order valence-electron chi connectivity index (χ0n) is 15.3. The monoisotopic (exact) mass is 331 g/mol. The molecule has 1 aliphatic heterocycles. The first-order valence-electron chi connectivity index (χ1n) is 8.61. The molecule has 5 heteroatoms. The molecule has 0 atom stereocenters. The van der Waals surface area contributed by atoms with Crippen LogP contribution in [0.2, 0.25) is 0 Å². The molecule has 0 saturated carbocycles. The molecular weight excluding hydrogens is 302 g/mol. The van der Waals surface area contributed by atoms with E-state index in [0.717, 1.165) is 49.4 Å². The zero-order valence-corrected chi connectivity index (χ0v) is 15.3. The fraction of sp³-hybridized carbons (Fsp3) is 0.579. The molecule has 132 valence electrons. The van der Waals surface area contributed by atoms with Crippen LogP contribution in [0.4, 0.5) is 0 Å². The summed E-state index contributed by atoms with van der Waals surface area (Å²) in [6, 6.07) is 2.28. The van der Waals surface area contributed by atoms with Crippen molar-refractivity contribution in [3.63, 3.8) is 0 Å². The number of hydrogen-bond donors (Lipinski definition) is 0. The van der Waals surface area contributed by atoms with Gasteiger partial charge in [-0.05, 0) is 32.8 Å². The molecule has 5 nitrogen and oxygen atoms in total. The number of Topliss-reactive ketones (excluding diaryl/α,β-unsaturated/α-hetero) is 1. The van der Waals surface area contributed by atoms with E-state index in [1.807, 2.05) is 37.9 Å². The first kappa shape index (κ1) is 18.5. The summed E-state index contributed by atoms with van der Waals surface area (Å²) >= 11 is 0. The van der Waals surface area contributed by atoms with Crippen molar-refractivity contribution in [2.24, 2.45) is 0 Å². The Balaban J connectivity index is 1.96. The molecule has 1 aliphatic rings. The average molecular weight is 331 g/mol. The minimum atomic E-state index is 0.110. The highest BCUT2D eigenvalue weighted by molar-refractivity contribution is 5.99. The Bertz CT molecular complexity index is 625. The van der Waals surface area contributed by atoms with Crippen LogP contribution in [0.5, 0.6) is 0 Å². The van der Waals surface area contributed by atoms with Crippen molar-refractivity contribution in [1.82, 2.24) is 14.4 Å². The number of rotatable bonds is 6. The molecule has 0 spiro atoms. The van der Waals surface area contributed by atoms with E-state index in [9.17, 15) is 9.59 Å². The molecule has 0 aromatic carbocycles. The summed E-state index contributed by atoms with van der Waals surface area (Å²) in [7, 11) is 1.86. The molecule has 1 amide bonds. The second-order valence-corrected chi connectivity index (χ2v) is 6.74. The predicted molar refractivity (Wildman–Crippen MR) is 96.3 cm³/mol. The van der Waals surface area contributed by atoms with Crippen LogP contribution in [0.15, 0.2) is 18.7 Å². The van der Waals surface area contributed by atoms with Gasteiger partial charge in [0, 0.05) is 56.6 Å². The third kappa shape index (κ3) is 3.96. The molecule has 2 rings (SSSR count). The number of carbonyl (C=O) groups excluding carboxylic acids is 2. The van der Waals surface area contributed by atoms with Gasteiger partial charge in [0.1, 0.15) is 0 Å². The van der Waals surface area contributed by atoms with Crippen molar-refractivity contribution in [1.29, 1.82) is 0 Å². The number of amides is 1. The van der Waals surface area contributed by atoms with Gasteiger partial charge in [0.2, 0.25) is 5.91 Å². The zero-order chi connectivity index (χ0) is 17.9. The van der Waals surface area contributed by atoms with Crippen LogP contribution >= 0.6 is 0 Å². The second-order valence-electron chi connectivity index (χ2n) is 6.74. The molecule has 0 N–H and O–H groups in total. The number of likely N-dealkylation sites (tertiary alicyclic amines) is 1. The summed E-state index contributed by atoms with van der Waals surface area (Å²) in [5.41, 5.74) is 2.93. The van der Waals surface area contributed by atoms with Gasteiger partial charge in [-0.3, -0.25) is 14.5 Å². The fourth-order valence-corrected chi connectivity index (χ4v) is 3.50. The van der Waals surface area contributed by atoms with Crippen LogP contribution < -0.4 is 0 Å². The number of piperidine rings is 1. The van der Waals surface area contributed by atoms with Crippen LogP contribution in [0.3, 0.4) is 0 Å².